The quantitative estimate of drug-likeness (QED) is 0.462. The number of benzene rings is 1. The van der Waals surface area contributed by atoms with Gasteiger partial charge in [0.05, 0.1) is 12.5 Å². The lowest BCUT2D eigenvalue weighted by Crippen LogP contribution is -2.48. The van der Waals surface area contributed by atoms with E-state index in [1.165, 1.54) is 29.2 Å². The van der Waals surface area contributed by atoms with Crippen LogP contribution in [0.3, 0.4) is 0 Å². The maximum atomic E-state index is 12.1. The van der Waals surface area contributed by atoms with Crippen LogP contribution in [0.2, 0.25) is 0 Å². The Bertz CT molecular complexity index is 663. The lowest BCUT2D eigenvalue weighted by molar-refractivity contribution is -0.152. The molecule has 1 aromatic carbocycles. The molecule has 0 aromatic heterocycles. The number of hydrogen-bond donors (Lipinski definition) is 2. The lowest BCUT2D eigenvalue weighted by atomic mass is 9.97. The summed E-state index contributed by atoms with van der Waals surface area (Å²) < 4.78 is 4.96. The zero-order valence-corrected chi connectivity index (χ0v) is 14.0. The molecule has 134 valence electrons. The Labute approximate surface area is 145 Å². The maximum Gasteiger partial charge on any atom is 0.316 e. The van der Waals surface area contributed by atoms with Crippen molar-refractivity contribution in [3.05, 3.63) is 29.8 Å². The minimum Gasteiger partial charge on any atom is -0.466 e. The average Bonchev–Trinajstić information content (AvgIpc) is 2.61. The molecule has 1 aliphatic rings. The molecule has 2 rings (SSSR count). The summed E-state index contributed by atoms with van der Waals surface area (Å²) in [4.78, 5) is 49.1. The third kappa shape index (κ3) is 4.79. The van der Waals surface area contributed by atoms with Crippen molar-refractivity contribution in [2.75, 3.05) is 25.4 Å². The second-order valence-electron chi connectivity index (χ2n) is 5.72. The molecule has 3 N–H and O–H groups in total. The monoisotopic (exact) mass is 347 g/mol. The number of amides is 3. The zero-order valence-electron chi connectivity index (χ0n) is 14.0. The van der Waals surface area contributed by atoms with Crippen LogP contribution in [0.25, 0.3) is 0 Å². The summed E-state index contributed by atoms with van der Waals surface area (Å²) >= 11 is 0. The molecule has 8 heteroatoms. The average molecular weight is 347 g/mol. The number of esters is 1. The van der Waals surface area contributed by atoms with E-state index in [1.54, 1.807) is 6.92 Å². The molecule has 8 nitrogen and oxygen atoms in total. The zero-order chi connectivity index (χ0) is 18.4. The van der Waals surface area contributed by atoms with E-state index in [9.17, 15) is 19.2 Å². The van der Waals surface area contributed by atoms with E-state index in [4.69, 9.17) is 10.5 Å². The highest BCUT2D eigenvalue weighted by Gasteiger charge is 2.31. The molecular formula is C17H21N3O5. The first kappa shape index (κ1) is 18.4. The van der Waals surface area contributed by atoms with Gasteiger partial charge in [0.2, 0.25) is 0 Å². The number of hydrogen-bond acceptors (Lipinski definition) is 6. The van der Waals surface area contributed by atoms with Crippen molar-refractivity contribution in [2.24, 2.45) is 5.92 Å². The van der Waals surface area contributed by atoms with Crippen molar-refractivity contribution in [2.45, 2.75) is 19.8 Å². The number of nitrogens with one attached hydrogen (secondary N) is 1. The second kappa shape index (κ2) is 8.27. The highest BCUT2D eigenvalue weighted by atomic mass is 16.5. The van der Waals surface area contributed by atoms with Crippen LogP contribution in [0.15, 0.2) is 24.3 Å². The smallest absolute Gasteiger partial charge is 0.316 e. The minimum absolute atomic E-state index is 0.233. The van der Waals surface area contributed by atoms with Gasteiger partial charge in [-0.2, -0.15) is 0 Å². The van der Waals surface area contributed by atoms with Crippen LogP contribution in [0.4, 0.5) is 5.69 Å². The molecule has 0 bridgehead atoms. The Hall–Kier alpha value is -2.90. The van der Waals surface area contributed by atoms with E-state index in [2.05, 4.69) is 5.32 Å². The van der Waals surface area contributed by atoms with Crippen molar-refractivity contribution in [3.8, 4) is 0 Å². The van der Waals surface area contributed by atoms with E-state index in [-0.39, 0.29) is 30.5 Å². The van der Waals surface area contributed by atoms with Crippen LogP contribution in [0, 0.1) is 5.92 Å². The molecule has 25 heavy (non-hydrogen) atoms. The largest absolute Gasteiger partial charge is 0.466 e. The Morgan fingerprint density at radius 1 is 1.16 bits per heavy atom. The van der Waals surface area contributed by atoms with Gasteiger partial charge in [-0.05, 0) is 44.0 Å². The molecule has 0 radical (unpaired) electrons. The maximum absolute atomic E-state index is 12.1. The first-order valence-electron chi connectivity index (χ1n) is 8.09. The summed E-state index contributed by atoms with van der Waals surface area (Å²) in [5.41, 5.74) is 6.25. The molecule has 3 amide bonds. The fourth-order valence-corrected chi connectivity index (χ4v) is 2.59. The molecule has 1 saturated heterocycles. The summed E-state index contributed by atoms with van der Waals surface area (Å²) in [6, 6.07) is 5.99. The van der Waals surface area contributed by atoms with Crippen molar-refractivity contribution in [1.29, 1.82) is 0 Å². The van der Waals surface area contributed by atoms with Gasteiger partial charge < -0.3 is 15.4 Å². The number of anilines is 1. The molecule has 1 aliphatic heterocycles. The van der Waals surface area contributed by atoms with Gasteiger partial charge in [-0.1, -0.05) is 0 Å². The van der Waals surface area contributed by atoms with Crippen molar-refractivity contribution in [1.82, 2.24) is 10.2 Å². The Kier molecular flexibility index (Phi) is 6.10. The number of ether oxygens (including phenoxy) is 1. The van der Waals surface area contributed by atoms with Gasteiger partial charge in [-0.3, -0.25) is 24.5 Å². The van der Waals surface area contributed by atoms with Crippen molar-refractivity contribution < 1.29 is 23.9 Å². The van der Waals surface area contributed by atoms with Gasteiger partial charge in [0.15, 0.2) is 0 Å². The first-order valence-corrected chi connectivity index (χ1v) is 8.09. The van der Waals surface area contributed by atoms with Gasteiger partial charge in [0, 0.05) is 24.3 Å². The molecule has 0 unspecified atom stereocenters. The third-order valence-corrected chi connectivity index (χ3v) is 4.00. The molecule has 0 aliphatic carbocycles. The fourth-order valence-electron chi connectivity index (χ4n) is 2.59. The topological polar surface area (TPSA) is 119 Å². The molecule has 0 saturated carbocycles. The minimum atomic E-state index is -0.989. The SMILES string of the molecule is CCOC(=O)C1CCN(C(=O)C(=O)NC(=O)c2ccc(N)cc2)CC1. The van der Waals surface area contributed by atoms with Crippen LogP contribution in [-0.4, -0.2) is 48.3 Å². The lowest BCUT2D eigenvalue weighted by Gasteiger charge is -2.30. The van der Waals surface area contributed by atoms with Crippen LogP contribution in [0.5, 0.6) is 0 Å². The predicted octanol–water partition coefficient (Wildman–Crippen LogP) is 0.327. The van der Waals surface area contributed by atoms with Crippen LogP contribution in [-0.2, 0) is 19.1 Å². The highest BCUT2D eigenvalue weighted by molar-refractivity contribution is 6.38. The number of carbonyl (C=O) groups excluding carboxylic acids is 4. The number of likely N-dealkylation sites (tertiary alicyclic amines) is 1. The summed E-state index contributed by atoms with van der Waals surface area (Å²) in [6.07, 6.45) is 0.869. The molecular weight excluding hydrogens is 326 g/mol. The van der Waals surface area contributed by atoms with E-state index in [0.29, 0.717) is 25.1 Å². The Balaban J connectivity index is 1.86. The van der Waals surface area contributed by atoms with E-state index in [1.807, 2.05) is 0 Å². The summed E-state index contributed by atoms with van der Waals surface area (Å²) in [6.45, 7) is 2.59. The van der Waals surface area contributed by atoms with E-state index >= 15 is 0 Å². The number of nitrogen functional groups attached to an aromatic ring is 1. The summed E-state index contributed by atoms with van der Waals surface area (Å²) in [5.74, 6) is -2.98. The molecule has 1 aromatic rings. The van der Waals surface area contributed by atoms with Gasteiger partial charge >= 0.3 is 17.8 Å². The van der Waals surface area contributed by atoms with E-state index in [0.717, 1.165) is 0 Å². The van der Waals surface area contributed by atoms with Gasteiger partial charge in [0.1, 0.15) is 0 Å². The van der Waals surface area contributed by atoms with E-state index < -0.39 is 17.7 Å². The van der Waals surface area contributed by atoms with Crippen molar-refractivity contribution >= 4 is 29.4 Å². The molecule has 1 fully saturated rings. The highest BCUT2D eigenvalue weighted by Crippen LogP contribution is 2.18. The van der Waals surface area contributed by atoms with Crippen LogP contribution in [0.1, 0.15) is 30.1 Å². The Morgan fingerprint density at radius 2 is 1.76 bits per heavy atom. The number of nitrogens with two attached hydrogens (primary N) is 1. The van der Waals surface area contributed by atoms with Gasteiger partial charge in [-0.15, -0.1) is 0 Å². The van der Waals surface area contributed by atoms with Crippen molar-refractivity contribution in [3.63, 3.8) is 0 Å². The fraction of sp³-hybridized carbons (Fsp3) is 0.412. The number of imide groups is 1. The van der Waals surface area contributed by atoms with Gasteiger partial charge in [0.25, 0.3) is 5.91 Å². The third-order valence-electron chi connectivity index (χ3n) is 4.00. The number of nitrogens with zero attached hydrogens (tertiary/aromatic N) is 1. The summed E-state index contributed by atoms with van der Waals surface area (Å²) in [7, 11) is 0. The molecule has 0 spiro atoms. The normalized spacial score (nSPS) is 14.7. The number of rotatable bonds is 3. The standard InChI is InChI=1S/C17H21N3O5/c1-2-25-17(24)12-7-9-20(10-8-12)16(23)15(22)19-14(21)11-3-5-13(18)6-4-11/h3-6,12H,2,7-10,18H2,1H3,(H,19,21,22). The molecule has 0 atom stereocenters. The van der Waals surface area contributed by atoms with Crippen LogP contribution < -0.4 is 11.1 Å². The van der Waals surface area contributed by atoms with Gasteiger partial charge in [-0.25, -0.2) is 0 Å². The molecule has 1 heterocycles. The summed E-state index contributed by atoms with van der Waals surface area (Å²) in [5, 5.41) is 2.07. The number of piperidine rings is 1. The van der Waals surface area contributed by atoms with Crippen LogP contribution >= 0.6 is 0 Å². The first-order chi connectivity index (χ1) is 11.9. The predicted molar refractivity (Wildman–Crippen MR) is 89.3 cm³/mol. The number of carbonyl (C=O) groups is 4. The Morgan fingerprint density at radius 3 is 2.32 bits per heavy atom. The second-order valence-corrected chi connectivity index (χ2v) is 5.72.